The Kier molecular flexibility index (Phi) is 5.89. The minimum atomic E-state index is -0.356. The van der Waals surface area contributed by atoms with Crippen LogP contribution < -0.4 is 14.2 Å². The lowest BCUT2D eigenvalue weighted by Crippen LogP contribution is -2.04. The predicted molar refractivity (Wildman–Crippen MR) is 107 cm³/mol. The standard InChI is InChI=1S/C22H28O6/c1-6-7-13-10-14(23)18-15(25-2)9-8-12-11-16(26-3)21(27-4)22(28-5)17(12)19(18)20(13)24/h10-11,15,23-24H,6-9H2,1-5H3/t15-/m1/s1. The van der Waals surface area contributed by atoms with Gasteiger partial charge in [-0.05, 0) is 42.5 Å². The van der Waals surface area contributed by atoms with Gasteiger partial charge < -0.3 is 29.2 Å². The van der Waals surface area contributed by atoms with Gasteiger partial charge in [-0.1, -0.05) is 13.3 Å². The first-order chi connectivity index (χ1) is 13.5. The molecule has 152 valence electrons. The van der Waals surface area contributed by atoms with Gasteiger partial charge in [-0.15, -0.1) is 0 Å². The molecule has 1 atom stereocenters. The molecule has 3 rings (SSSR count). The van der Waals surface area contributed by atoms with Crippen LogP contribution in [0.15, 0.2) is 12.1 Å². The van der Waals surface area contributed by atoms with E-state index in [1.807, 2.05) is 13.0 Å². The topological polar surface area (TPSA) is 77.4 Å². The fourth-order valence-electron chi connectivity index (χ4n) is 4.11. The molecule has 0 bridgehead atoms. The average Bonchev–Trinajstić information content (AvgIpc) is 2.87. The molecule has 0 aliphatic heterocycles. The number of phenols is 2. The number of aromatic hydroxyl groups is 2. The summed E-state index contributed by atoms with van der Waals surface area (Å²) in [6.45, 7) is 2.03. The predicted octanol–water partition coefficient (Wildman–Crippen LogP) is 4.38. The van der Waals surface area contributed by atoms with Crippen LogP contribution in [0.5, 0.6) is 28.7 Å². The molecule has 1 aliphatic carbocycles. The van der Waals surface area contributed by atoms with Crippen LogP contribution in [0.4, 0.5) is 0 Å². The van der Waals surface area contributed by atoms with Crippen LogP contribution in [0, 0.1) is 0 Å². The second-order valence-electron chi connectivity index (χ2n) is 6.88. The molecule has 0 radical (unpaired) electrons. The fraction of sp³-hybridized carbons (Fsp3) is 0.455. The maximum Gasteiger partial charge on any atom is 0.203 e. The summed E-state index contributed by atoms with van der Waals surface area (Å²) in [5.74, 6) is 1.74. The van der Waals surface area contributed by atoms with Crippen molar-refractivity contribution in [1.82, 2.24) is 0 Å². The smallest absolute Gasteiger partial charge is 0.203 e. The number of hydrogen-bond acceptors (Lipinski definition) is 6. The molecular weight excluding hydrogens is 360 g/mol. The molecule has 2 aromatic carbocycles. The summed E-state index contributed by atoms with van der Waals surface area (Å²) in [4.78, 5) is 0. The summed E-state index contributed by atoms with van der Waals surface area (Å²) in [5, 5.41) is 22.0. The van der Waals surface area contributed by atoms with Gasteiger partial charge in [0.25, 0.3) is 0 Å². The van der Waals surface area contributed by atoms with Gasteiger partial charge in [0.05, 0.1) is 27.4 Å². The second kappa shape index (κ2) is 8.19. The zero-order valence-electron chi connectivity index (χ0n) is 17.1. The third-order valence-electron chi connectivity index (χ3n) is 5.36. The molecule has 6 heteroatoms. The van der Waals surface area contributed by atoms with Crippen molar-refractivity contribution in [2.24, 2.45) is 0 Å². The lowest BCUT2D eigenvalue weighted by atomic mass is 9.89. The number of benzene rings is 2. The minimum Gasteiger partial charge on any atom is -0.508 e. The van der Waals surface area contributed by atoms with Gasteiger partial charge in [0, 0.05) is 23.8 Å². The van der Waals surface area contributed by atoms with Crippen molar-refractivity contribution in [3.8, 4) is 39.9 Å². The van der Waals surface area contributed by atoms with Crippen molar-refractivity contribution in [3.63, 3.8) is 0 Å². The van der Waals surface area contributed by atoms with Gasteiger partial charge in [-0.3, -0.25) is 0 Å². The van der Waals surface area contributed by atoms with Crippen LogP contribution in [0.1, 0.15) is 42.6 Å². The number of hydrogen-bond donors (Lipinski definition) is 2. The molecule has 1 aliphatic rings. The molecule has 0 unspecified atom stereocenters. The van der Waals surface area contributed by atoms with E-state index < -0.39 is 0 Å². The SMILES string of the molecule is CCCc1cc(O)c2c(c1O)-c1c(cc(OC)c(OC)c1OC)CC[C@H]2OC. The van der Waals surface area contributed by atoms with Gasteiger partial charge in [0.15, 0.2) is 11.5 Å². The molecular formula is C22H28O6. The Morgan fingerprint density at radius 2 is 1.68 bits per heavy atom. The largest absolute Gasteiger partial charge is 0.508 e. The molecule has 0 fully saturated rings. The summed E-state index contributed by atoms with van der Waals surface area (Å²) in [5.41, 5.74) is 3.46. The van der Waals surface area contributed by atoms with E-state index in [9.17, 15) is 10.2 Å². The first-order valence-corrected chi connectivity index (χ1v) is 9.44. The third kappa shape index (κ3) is 3.11. The number of phenolic OH excluding ortho intramolecular Hbond substituents is 2. The van der Waals surface area contributed by atoms with E-state index in [0.717, 1.165) is 12.0 Å². The highest BCUT2D eigenvalue weighted by Gasteiger charge is 2.33. The first-order valence-electron chi connectivity index (χ1n) is 9.44. The molecule has 6 nitrogen and oxygen atoms in total. The summed E-state index contributed by atoms with van der Waals surface area (Å²) >= 11 is 0. The van der Waals surface area contributed by atoms with Crippen LogP contribution in [-0.4, -0.2) is 38.7 Å². The second-order valence-corrected chi connectivity index (χ2v) is 6.88. The normalized spacial score (nSPS) is 15.4. The Labute approximate surface area is 165 Å². The molecule has 0 aromatic heterocycles. The summed E-state index contributed by atoms with van der Waals surface area (Å²) in [6, 6.07) is 3.55. The number of aryl methyl sites for hydroxylation is 2. The monoisotopic (exact) mass is 388 g/mol. The van der Waals surface area contributed by atoms with E-state index in [1.165, 1.54) is 0 Å². The van der Waals surface area contributed by atoms with E-state index in [-0.39, 0.29) is 17.6 Å². The van der Waals surface area contributed by atoms with Crippen LogP contribution in [-0.2, 0) is 17.6 Å². The molecule has 28 heavy (non-hydrogen) atoms. The highest BCUT2D eigenvalue weighted by atomic mass is 16.5. The Hall–Kier alpha value is -2.60. The summed E-state index contributed by atoms with van der Waals surface area (Å²) in [7, 11) is 6.30. The number of methoxy groups -OCH3 is 4. The lowest BCUT2D eigenvalue weighted by molar-refractivity contribution is 0.0947. The van der Waals surface area contributed by atoms with Gasteiger partial charge in [0.2, 0.25) is 5.75 Å². The van der Waals surface area contributed by atoms with E-state index in [0.29, 0.717) is 58.8 Å². The van der Waals surface area contributed by atoms with E-state index >= 15 is 0 Å². The average molecular weight is 388 g/mol. The maximum absolute atomic E-state index is 11.2. The van der Waals surface area contributed by atoms with Crippen molar-refractivity contribution >= 4 is 0 Å². The van der Waals surface area contributed by atoms with Crippen molar-refractivity contribution in [3.05, 3.63) is 28.8 Å². The Bertz CT molecular complexity index is 874. The fourth-order valence-corrected chi connectivity index (χ4v) is 4.11. The Balaban J connectivity index is 2.46. The highest BCUT2D eigenvalue weighted by Crippen LogP contribution is 2.55. The summed E-state index contributed by atoms with van der Waals surface area (Å²) < 4.78 is 22.4. The lowest BCUT2D eigenvalue weighted by Gasteiger charge is -2.23. The van der Waals surface area contributed by atoms with E-state index in [2.05, 4.69) is 0 Å². The van der Waals surface area contributed by atoms with Crippen molar-refractivity contribution in [1.29, 1.82) is 0 Å². The molecule has 0 amide bonds. The van der Waals surface area contributed by atoms with Crippen LogP contribution >= 0.6 is 0 Å². The Morgan fingerprint density at radius 3 is 2.25 bits per heavy atom. The molecule has 0 heterocycles. The van der Waals surface area contributed by atoms with E-state index in [4.69, 9.17) is 18.9 Å². The number of ether oxygens (including phenoxy) is 4. The van der Waals surface area contributed by atoms with Crippen molar-refractivity contribution in [2.75, 3.05) is 28.4 Å². The van der Waals surface area contributed by atoms with Gasteiger partial charge >= 0.3 is 0 Å². The Morgan fingerprint density at radius 1 is 0.964 bits per heavy atom. The third-order valence-corrected chi connectivity index (χ3v) is 5.36. The maximum atomic E-state index is 11.2. The quantitative estimate of drug-likeness (QED) is 0.715. The van der Waals surface area contributed by atoms with Crippen LogP contribution in [0.2, 0.25) is 0 Å². The zero-order chi connectivity index (χ0) is 20.4. The number of rotatable bonds is 6. The molecule has 0 saturated heterocycles. The molecule has 2 aromatic rings. The van der Waals surface area contributed by atoms with Gasteiger partial charge in [-0.25, -0.2) is 0 Å². The molecule has 2 N–H and O–H groups in total. The number of fused-ring (bicyclic) bond motifs is 3. The summed E-state index contributed by atoms with van der Waals surface area (Å²) in [6.07, 6.45) is 2.45. The van der Waals surface area contributed by atoms with Crippen molar-refractivity contribution < 1.29 is 29.2 Å². The zero-order valence-corrected chi connectivity index (χ0v) is 17.1. The van der Waals surface area contributed by atoms with Crippen LogP contribution in [0.3, 0.4) is 0 Å². The minimum absolute atomic E-state index is 0.118. The highest BCUT2D eigenvalue weighted by molar-refractivity contribution is 5.88. The molecule has 0 saturated carbocycles. The van der Waals surface area contributed by atoms with Gasteiger partial charge in [-0.2, -0.15) is 0 Å². The van der Waals surface area contributed by atoms with Crippen molar-refractivity contribution in [2.45, 2.75) is 38.7 Å². The van der Waals surface area contributed by atoms with Crippen LogP contribution in [0.25, 0.3) is 11.1 Å². The molecule has 0 spiro atoms. The first kappa shape index (κ1) is 20.1. The van der Waals surface area contributed by atoms with E-state index in [1.54, 1.807) is 34.5 Å². The van der Waals surface area contributed by atoms with Gasteiger partial charge in [0.1, 0.15) is 11.5 Å².